The summed E-state index contributed by atoms with van der Waals surface area (Å²) < 4.78 is 1.51. The summed E-state index contributed by atoms with van der Waals surface area (Å²) in [4.78, 5) is 27.8. The first-order chi connectivity index (χ1) is 11.5. The van der Waals surface area contributed by atoms with Gasteiger partial charge in [-0.1, -0.05) is 0 Å². The normalized spacial score (nSPS) is 16.4. The fraction of sp³-hybridized carbons (Fsp3) is 0.412. The number of likely N-dealkylation sites (N-methyl/N-ethyl adjacent to an activating group) is 1. The Morgan fingerprint density at radius 2 is 1.96 bits per heavy atom. The number of piperazine rings is 1. The van der Waals surface area contributed by atoms with Gasteiger partial charge in [0, 0.05) is 0 Å². The predicted octanol–water partition coefficient (Wildman–Crippen LogP) is 1.17. The van der Waals surface area contributed by atoms with E-state index in [1.807, 2.05) is 18.2 Å². The summed E-state index contributed by atoms with van der Waals surface area (Å²) in [6.07, 6.45) is 0.473. The number of fused-ring (bicyclic) bond motifs is 1. The monoisotopic (exact) mass is 395 g/mol. The molecule has 0 spiro atoms. The predicted molar refractivity (Wildman–Crippen MR) is 95.0 cm³/mol. The number of carboxylic acids is 1. The van der Waals surface area contributed by atoms with Gasteiger partial charge in [0.25, 0.3) is 0 Å². The zero-order chi connectivity index (χ0) is 17.1. The molecule has 2 heterocycles. The molecule has 1 aliphatic rings. The molecule has 0 radical (unpaired) electrons. The van der Waals surface area contributed by atoms with E-state index < -0.39 is 5.97 Å². The molecule has 128 valence electrons. The standard InChI is InChI=1S/C17H21N3O3Se/c1-19-6-8-20(9-7-19)5-4-16(21)18-13-2-3-14-12(10-13)11-15(24-14)17(22)23/h2-3,10-11H,4-9H2,1H3,(H,18,21)(H,22,23). The van der Waals surface area contributed by atoms with E-state index in [4.69, 9.17) is 5.11 Å². The van der Waals surface area contributed by atoms with Crippen LogP contribution in [0.2, 0.25) is 0 Å². The van der Waals surface area contributed by atoms with Crippen LogP contribution in [0.5, 0.6) is 0 Å². The van der Waals surface area contributed by atoms with Crippen molar-refractivity contribution >= 4 is 41.7 Å². The number of carboxylic acid groups (broad SMARTS) is 1. The van der Waals surface area contributed by atoms with Gasteiger partial charge in [-0.15, -0.1) is 0 Å². The summed E-state index contributed by atoms with van der Waals surface area (Å²) in [5.41, 5.74) is 0.732. The maximum atomic E-state index is 12.1. The summed E-state index contributed by atoms with van der Waals surface area (Å²) in [5, 5.41) is 12.9. The number of hydrogen-bond donors (Lipinski definition) is 2. The van der Waals surface area contributed by atoms with Gasteiger partial charge < -0.3 is 0 Å². The van der Waals surface area contributed by atoms with Crippen molar-refractivity contribution in [2.75, 3.05) is 45.1 Å². The Morgan fingerprint density at radius 3 is 2.67 bits per heavy atom. The minimum absolute atomic E-state index is 0.000164. The molecule has 0 unspecified atom stereocenters. The Morgan fingerprint density at radius 1 is 1.21 bits per heavy atom. The van der Waals surface area contributed by atoms with Crippen molar-refractivity contribution in [2.45, 2.75) is 6.42 Å². The minimum atomic E-state index is -0.857. The van der Waals surface area contributed by atoms with Crippen LogP contribution in [-0.4, -0.2) is 81.1 Å². The topological polar surface area (TPSA) is 72.9 Å². The second kappa shape index (κ2) is 7.49. The van der Waals surface area contributed by atoms with Crippen LogP contribution in [0.25, 0.3) is 9.65 Å². The molecule has 24 heavy (non-hydrogen) atoms. The number of carbonyl (C=O) groups is 2. The van der Waals surface area contributed by atoms with Gasteiger partial charge in [0.2, 0.25) is 0 Å². The van der Waals surface area contributed by atoms with Crippen LogP contribution >= 0.6 is 0 Å². The SMILES string of the molecule is CN1CCN(CCC(=O)Nc2ccc3[se]c(C(=O)O)cc3c2)CC1. The number of benzene rings is 1. The van der Waals surface area contributed by atoms with E-state index in [9.17, 15) is 9.59 Å². The molecule has 1 aromatic carbocycles. The van der Waals surface area contributed by atoms with Crippen molar-refractivity contribution in [3.8, 4) is 0 Å². The van der Waals surface area contributed by atoms with E-state index in [-0.39, 0.29) is 20.4 Å². The van der Waals surface area contributed by atoms with Crippen molar-refractivity contribution in [1.82, 2.24) is 9.80 Å². The average Bonchev–Trinajstić information content (AvgIpc) is 2.98. The summed E-state index contributed by atoms with van der Waals surface area (Å²) >= 11 is -0.148. The van der Waals surface area contributed by atoms with Crippen LogP contribution < -0.4 is 5.32 Å². The molecule has 0 aliphatic carbocycles. The number of anilines is 1. The summed E-state index contributed by atoms with van der Waals surface area (Å²) in [5.74, 6) is -0.858. The van der Waals surface area contributed by atoms with Gasteiger partial charge in [0.05, 0.1) is 0 Å². The molecule has 2 aromatic rings. The van der Waals surface area contributed by atoms with Crippen molar-refractivity contribution in [2.24, 2.45) is 0 Å². The van der Waals surface area contributed by atoms with E-state index >= 15 is 0 Å². The quantitative estimate of drug-likeness (QED) is 0.745. The number of nitrogens with one attached hydrogen (secondary N) is 1. The van der Waals surface area contributed by atoms with Gasteiger partial charge in [0.1, 0.15) is 0 Å². The van der Waals surface area contributed by atoms with Gasteiger partial charge in [-0.2, -0.15) is 0 Å². The van der Waals surface area contributed by atoms with Crippen LogP contribution in [-0.2, 0) is 4.79 Å². The molecule has 1 amide bonds. The van der Waals surface area contributed by atoms with Gasteiger partial charge in [-0.25, -0.2) is 0 Å². The molecule has 1 saturated heterocycles. The van der Waals surface area contributed by atoms with Gasteiger partial charge in [-0.05, 0) is 7.05 Å². The fourth-order valence-electron chi connectivity index (χ4n) is 2.78. The van der Waals surface area contributed by atoms with E-state index in [0.717, 1.165) is 48.1 Å². The summed E-state index contributed by atoms with van der Waals surface area (Å²) in [6.45, 7) is 4.89. The van der Waals surface area contributed by atoms with Gasteiger partial charge in [-0.3, -0.25) is 0 Å². The number of aromatic carboxylic acids is 1. The molecule has 3 rings (SSSR count). The molecule has 1 aromatic heterocycles. The van der Waals surface area contributed by atoms with E-state index in [2.05, 4.69) is 22.2 Å². The first kappa shape index (κ1) is 17.2. The number of amides is 1. The zero-order valence-corrected chi connectivity index (χ0v) is 15.3. The van der Waals surface area contributed by atoms with Crippen LogP contribution in [0.4, 0.5) is 5.69 Å². The first-order valence-electron chi connectivity index (χ1n) is 7.99. The van der Waals surface area contributed by atoms with E-state index in [1.54, 1.807) is 6.07 Å². The Bertz CT molecular complexity index is 751. The van der Waals surface area contributed by atoms with Gasteiger partial charge >= 0.3 is 139 Å². The molecule has 0 saturated carbocycles. The number of nitrogens with zero attached hydrogens (tertiary/aromatic N) is 2. The molecule has 7 heteroatoms. The van der Waals surface area contributed by atoms with Crippen LogP contribution in [0.15, 0.2) is 24.3 Å². The second-order valence-electron chi connectivity index (χ2n) is 6.11. The Hall–Kier alpha value is -1.66. The Kier molecular flexibility index (Phi) is 5.36. The van der Waals surface area contributed by atoms with E-state index in [1.165, 1.54) is 0 Å². The van der Waals surface area contributed by atoms with Crippen LogP contribution in [0.1, 0.15) is 15.7 Å². The zero-order valence-electron chi connectivity index (χ0n) is 13.6. The molecule has 2 N–H and O–H groups in total. The van der Waals surface area contributed by atoms with Crippen LogP contribution in [0, 0.1) is 0 Å². The first-order valence-corrected chi connectivity index (χ1v) is 9.70. The number of rotatable bonds is 5. The summed E-state index contributed by atoms with van der Waals surface area (Å²) in [6, 6.07) is 7.34. The van der Waals surface area contributed by atoms with Crippen molar-refractivity contribution in [1.29, 1.82) is 0 Å². The summed E-state index contributed by atoms with van der Waals surface area (Å²) in [7, 11) is 2.11. The second-order valence-corrected chi connectivity index (χ2v) is 8.39. The fourth-order valence-corrected chi connectivity index (χ4v) is 4.63. The Labute approximate surface area is 146 Å². The third kappa shape index (κ3) is 4.24. The number of carbonyl (C=O) groups excluding carboxylic acids is 1. The molecular formula is C17H21N3O3Se. The van der Waals surface area contributed by atoms with Crippen molar-refractivity contribution in [3.05, 3.63) is 28.7 Å². The average molecular weight is 394 g/mol. The van der Waals surface area contributed by atoms with Crippen LogP contribution in [0.3, 0.4) is 0 Å². The maximum absolute atomic E-state index is 12.1. The van der Waals surface area contributed by atoms with Crippen molar-refractivity contribution in [3.63, 3.8) is 0 Å². The molecule has 0 atom stereocenters. The third-order valence-corrected chi connectivity index (χ3v) is 6.58. The Balaban J connectivity index is 1.56. The van der Waals surface area contributed by atoms with E-state index in [0.29, 0.717) is 10.9 Å². The molecular weight excluding hydrogens is 373 g/mol. The molecule has 1 fully saturated rings. The van der Waals surface area contributed by atoms with Crippen molar-refractivity contribution < 1.29 is 14.7 Å². The number of hydrogen-bond acceptors (Lipinski definition) is 4. The molecule has 1 aliphatic heterocycles. The third-order valence-electron chi connectivity index (χ3n) is 4.26. The van der Waals surface area contributed by atoms with Gasteiger partial charge in [0.15, 0.2) is 0 Å². The molecule has 6 nitrogen and oxygen atoms in total. The molecule has 0 bridgehead atoms.